The minimum atomic E-state index is -4.43. The number of hydrogen-bond acceptors (Lipinski definition) is 2. The van der Waals surface area contributed by atoms with Crippen LogP contribution in [0.5, 0.6) is 0 Å². The number of hydrogen-bond donors (Lipinski definition) is 2. The first-order valence-electron chi connectivity index (χ1n) is 6.45. The van der Waals surface area contributed by atoms with Crippen LogP contribution in [0.25, 0.3) is 0 Å². The second-order valence-corrected chi connectivity index (χ2v) is 4.78. The number of nitrogens with one attached hydrogen (secondary N) is 1. The third kappa shape index (κ3) is 4.23. The minimum absolute atomic E-state index is 0.0205. The molecular weight excluding hydrogens is 269 g/mol. The summed E-state index contributed by atoms with van der Waals surface area (Å²) in [5.74, 6) is -0.454. The molecule has 0 aliphatic heterocycles. The maximum absolute atomic E-state index is 12.8. The maximum Gasteiger partial charge on any atom is 0.416 e. The SMILES string of the molecule is CCC(C)C(N)C(=O)NCc1ccccc1C(F)(F)F. The third-order valence-electron chi connectivity index (χ3n) is 3.34. The van der Waals surface area contributed by atoms with Gasteiger partial charge < -0.3 is 11.1 Å². The van der Waals surface area contributed by atoms with Gasteiger partial charge in [-0.25, -0.2) is 0 Å². The Hall–Kier alpha value is -1.56. The molecule has 6 heteroatoms. The van der Waals surface area contributed by atoms with Crippen LogP contribution >= 0.6 is 0 Å². The van der Waals surface area contributed by atoms with Gasteiger partial charge in [-0.1, -0.05) is 38.5 Å². The molecule has 0 spiro atoms. The predicted octanol–water partition coefficient (Wildman–Crippen LogP) is 2.70. The summed E-state index contributed by atoms with van der Waals surface area (Å²) < 4.78 is 38.3. The molecule has 0 bridgehead atoms. The second-order valence-electron chi connectivity index (χ2n) is 4.78. The highest BCUT2D eigenvalue weighted by Gasteiger charge is 2.33. The van der Waals surface area contributed by atoms with E-state index in [1.165, 1.54) is 18.2 Å². The zero-order valence-corrected chi connectivity index (χ0v) is 11.5. The first kappa shape index (κ1) is 16.5. The highest BCUT2D eigenvalue weighted by molar-refractivity contribution is 5.81. The Morgan fingerprint density at radius 1 is 1.35 bits per heavy atom. The topological polar surface area (TPSA) is 55.1 Å². The molecule has 1 rings (SSSR count). The molecule has 0 saturated heterocycles. The van der Waals surface area contributed by atoms with Gasteiger partial charge in [-0.05, 0) is 17.5 Å². The number of carbonyl (C=O) groups is 1. The van der Waals surface area contributed by atoms with Gasteiger partial charge in [0.25, 0.3) is 0 Å². The quantitative estimate of drug-likeness (QED) is 0.875. The Balaban J connectivity index is 2.74. The molecule has 0 aromatic heterocycles. The summed E-state index contributed by atoms with van der Waals surface area (Å²) in [5, 5.41) is 2.46. The average Bonchev–Trinajstić information content (AvgIpc) is 2.42. The van der Waals surface area contributed by atoms with E-state index < -0.39 is 23.7 Å². The fourth-order valence-electron chi connectivity index (χ4n) is 1.76. The lowest BCUT2D eigenvalue weighted by atomic mass is 9.99. The van der Waals surface area contributed by atoms with Gasteiger partial charge in [-0.3, -0.25) is 4.79 Å². The van der Waals surface area contributed by atoms with Gasteiger partial charge in [-0.2, -0.15) is 13.2 Å². The largest absolute Gasteiger partial charge is 0.416 e. The van der Waals surface area contributed by atoms with Crippen molar-refractivity contribution in [1.82, 2.24) is 5.32 Å². The van der Waals surface area contributed by atoms with Crippen molar-refractivity contribution in [2.75, 3.05) is 0 Å². The van der Waals surface area contributed by atoms with E-state index in [-0.39, 0.29) is 18.0 Å². The summed E-state index contributed by atoms with van der Waals surface area (Å²) in [4.78, 5) is 11.8. The zero-order valence-electron chi connectivity index (χ0n) is 11.5. The Bertz CT molecular complexity index is 460. The molecule has 2 unspecified atom stereocenters. The summed E-state index contributed by atoms with van der Waals surface area (Å²) >= 11 is 0. The van der Waals surface area contributed by atoms with Gasteiger partial charge in [0, 0.05) is 6.54 Å². The van der Waals surface area contributed by atoms with E-state index in [1.807, 2.05) is 13.8 Å². The molecule has 0 aliphatic rings. The summed E-state index contributed by atoms with van der Waals surface area (Å²) in [7, 11) is 0. The minimum Gasteiger partial charge on any atom is -0.351 e. The molecule has 1 aromatic carbocycles. The van der Waals surface area contributed by atoms with Crippen molar-refractivity contribution in [3.8, 4) is 0 Å². The molecule has 0 radical (unpaired) electrons. The van der Waals surface area contributed by atoms with E-state index in [9.17, 15) is 18.0 Å². The van der Waals surface area contributed by atoms with Crippen molar-refractivity contribution in [2.24, 2.45) is 11.7 Å². The summed E-state index contributed by atoms with van der Waals surface area (Å²) in [5.41, 5.74) is 5.02. The molecule has 1 amide bonds. The predicted molar refractivity (Wildman–Crippen MR) is 70.7 cm³/mol. The zero-order chi connectivity index (χ0) is 15.3. The van der Waals surface area contributed by atoms with Crippen molar-refractivity contribution in [2.45, 2.75) is 39.0 Å². The van der Waals surface area contributed by atoms with Gasteiger partial charge in [0.15, 0.2) is 0 Å². The van der Waals surface area contributed by atoms with Gasteiger partial charge in [0.05, 0.1) is 11.6 Å². The molecule has 0 fully saturated rings. The molecular formula is C14H19F3N2O. The molecule has 0 saturated carbocycles. The Morgan fingerprint density at radius 3 is 2.50 bits per heavy atom. The van der Waals surface area contributed by atoms with Gasteiger partial charge in [-0.15, -0.1) is 0 Å². The van der Waals surface area contributed by atoms with Crippen LogP contribution < -0.4 is 11.1 Å². The number of benzene rings is 1. The fourth-order valence-corrected chi connectivity index (χ4v) is 1.76. The lowest BCUT2D eigenvalue weighted by molar-refractivity contribution is -0.138. The molecule has 1 aromatic rings. The highest BCUT2D eigenvalue weighted by atomic mass is 19.4. The Morgan fingerprint density at radius 2 is 1.95 bits per heavy atom. The molecule has 0 aliphatic carbocycles. The number of carbonyl (C=O) groups excluding carboxylic acids is 1. The number of halogens is 3. The van der Waals surface area contributed by atoms with E-state index in [1.54, 1.807) is 0 Å². The van der Waals surface area contributed by atoms with Crippen molar-refractivity contribution in [1.29, 1.82) is 0 Å². The molecule has 3 N–H and O–H groups in total. The van der Waals surface area contributed by atoms with E-state index >= 15 is 0 Å². The smallest absolute Gasteiger partial charge is 0.351 e. The highest BCUT2D eigenvalue weighted by Crippen LogP contribution is 2.31. The van der Waals surface area contributed by atoms with E-state index in [2.05, 4.69) is 5.32 Å². The van der Waals surface area contributed by atoms with Crippen LogP contribution in [-0.4, -0.2) is 11.9 Å². The number of amides is 1. The third-order valence-corrected chi connectivity index (χ3v) is 3.34. The fraction of sp³-hybridized carbons (Fsp3) is 0.500. The van der Waals surface area contributed by atoms with Gasteiger partial charge >= 0.3 is 6.18 Å². The monoisotopic (exact) mass is 288 g/mol. The summed E-state index contributed by atoms with van der Waals surface area (Å²) in [6, 6.07) is 4.45. The van der Waals surface area contributed by atoms with Gasteiger partial charge in [0.1, 0.15) is 0 Å². The van der Waals surface area contributed by atoms with Crippen LogP contribution in [0.2, 0.25) is 0 Å². The van der Waals surface area contributed by atoms with Crippen molar-refractivity contribution in [3.05, 3.63) is 35.4 Å². The lowest BCUT2D eigenvalue weighted by Crippen LogP contribution is -2.44. The van der Waals surface area contributed by atoms with Crippen LogP contribution in [0, 0.1) is 5.92 Å². The maximum atomic E-state index is 12.8. The molecule has 112 valence electrons. The summed E-state index contributed by atoms with van der Waals surface area (Å²) in [6.07, 6.45) is -3.70. The molecule has 20 heavy (non-hydrogen) atoms. The first-order chi connectivity index (χ1) is 9.27. The van der Waals surface area contributed by atoms with E-state index in [0.717, 1.165) is 12.5 Å². The molecule has 3 nitrogen and oxygen atoms in total. The average molecular weight is 288 g/mol. The molecule has 2 atom stereocenters. The van der Waals surface area contributed by atoms with E-state index in [4.69, 9.17) is 5.73 Å². The van der Waals surface area contributed by atoms with Crippen molar-refractivity contribution in [3.63, 3.8) is 0 Å². The Labute approximate surface area is 116 Å². The normalized spacial score (nSPS) is 14.7. The van der Waals surface area contributed by atoms with E-state index in [0.29, 0.717) is 0 Å². The standard InChI is InChI=1S/C14H19F3N2O/c1-3-9(2)12(18)13(20)19-8-10-6-4-5-7-11(10)14(15,16)17/h4-7,9,12H,3,8,18H2,1-2H3,(H,19,20). The first-order valence-corrected chi connectivity index (χ1v) is 6.45. The van der Waals surface area contributed by atoms with Crippen LogP contribution in [0.3, 0.4) is 0 Å². The number of nitrogens with two attached hydrogens (primary N) is 1. The Kier molecular flexibility index (Phi) is 5.56. The van der Waals surface area contributed by atoms with Gasteiger partial charge in [0.2, 0.25) is 5.91 Å². The van der Waals surface area contributed by atoms with Crippen LogP contribution in [-0.2, 0) is 17.5 Å². The van der Waals surface area contributed by atoms with Crippen LogP contribution in [0.4, 0.5) is 13.2 Å². The second kappa shape index (κ2) is 6.74. The molecule has 0 heterocycles. The van der Waals surface area contributed by atoms with Crippen molar-refractivity contribution < 1.29 is 18.0 Å². The number of rotatable bonds is 5. The number of alkyl halides is 3. The van der Waals surface area contributed by atoms with Crippen LogP contribution in [0.1, 0.15) is 31.4 Å². The van der Waals surface area contributed by atoms with Crippen molar-refractivity contribution >= 4 is 5.91 Å². The lowest BCUT2D eigenvalue weighted by Gasteiger charge is -2.19. The summed E-state index contributed by atoms with van der Waals surface area (Å²) in [6.45, 7) is 3.54. The van der Waals surface area contributed by atoms with Crippen LogP contribution in [0.15, 0.2) is 24.3 Å².